The molecule has 0 spiro atoms. The van der Waals surface area contributed by atoms with E-state index in [1.54, 1.807) is 6.08 Å². The fraction of sp³-hybridized carbons (Fsp3) is 0.857. The van der Waals surface area contributed by atoms with E-state index in [0.29, 0.717) is 19.4 Å². The Labute approximate surface area is 385 Å². The monoisotopic (exact) mass is 872 g/mol. The number of amides is 1. The number of hydrogen-bond donors (Lipinski definition) is 3. The zero-order valence-electron chi connectivity index (χ0n) is 41.4. The second kappa shape index (κ2) is 51.7. The maximum Gasteiger partial charge on any atom is 0.305 e. The van der Waals surface area contributed by atoms with Crippen LogP contribution in [0.4, 0.5) is 0 Å². The van der Waals surface area contributed by atoms with E-state index in [0.717, 1.165) is 70.6 Å². The lowest BCUT2D eigenvalue weighted by molar-refractivity contribution is -0.143. The summed E-state index contributed by atoms with van der Waals surface area (Å²) < 4.78 is 5.45. The molecule has 0 radical (unpaired) electrons. The van der Waals surface area contributed by atoms with E-state index < -0.39 is 12.1 Å². The molecule has 0 aliphatic carbocycles. The Bertz CT molecular complexity index is 1010. The highest BCUT2D eigenvalue weighted by Gasteiger charge is 2.17. The zero-order valence-corrected chi connectivity index (χ0v) is 41.4. The summed E-state index contributed by atoms with van der Waals surface area (Å²) >= 11 is 0. The summed E-state index contributed by atoms with van der Waals surface area (Å²) in [5.41, 5.74) is 0. The van der Waals surface area contributed by atoms with Gasteiger partial charge in [0.05, 0.1) is 25.4 Å². The maximum absolute atomic E-state index is 12.4. The first kappa shape index (κ1) is 60.1. The number of unbranched alkanes of at least 4 members (excludes halogenated alkanes) is 35. The van der Waals surface area contributed by atoms with Crippen molar-refractivity contribution in [2.24, 2.45) is 0 Å². The van der Waals surface area contributed by atoms with E-state index in [1.807, 2.05) is 6.08 Å². The second-order valence-electron chi connectivity index (χ2n) is 18.5. The minimum Gasteiger partial charge on any atom is -0.466 e. The van der Waals surface area contributed by atoms with E-state index in [2.05, 4.69) is 43.5 Å². The molecule has 0 saturated heterocycles. The standard InChI is InChI=1S/C56H105NO5/c1-3-5-7-9-11-13-15-17-19-21-22-24-26-28-30-34-38-42-46-50-56(61)62-51-47-43-39-35-31-33-37-41-45-49-55(60)57-53(52-58)54(59)48-44-40-36-32-29-27-25-23-20-18-16-14-12-10-8-6-4-2/h17,19,33,37,44,48,53-54,58-59H,3-16,18,20-32,34-36,38-43,45-47,49-52H2,1-2H3,(H,57,60)/b19-17-,37-33-,48-44+. The summed E-state index contributed by atoms with van der Waals surface area (Å²) in [7, 11) is 0. The highest BCUT2D eigenvalue weighted by Crippen LogP contribution is 2.16. The lowest BCUT2D eigenvalue weighted by Crippen LogP contribution is -2.45. The molecule has 0 saturated carbocycles. The highest BCUT2D eigenvalue weighted by molar-refractivity contribution is 5.76. The van der Waals surface area contributed by atoms with E-state index in [4.69, 9.17) is 4.74 Å². The minimum absolute atomic E-state index is 0.0386. The van der Waals surface area contributed by atoms with Crippen LogP contribution in [0.2, 0.25) is 0 Å². The molecule has 3 N–H and O–H groups in total. The Morgan fingerprint density at radius 3 is 1.18 bits per heavy atom. The van der Waals surface area contributed by atoms with Crippen LogP contribution in [-0.2, 0) is 14.3 Å². The summed E-state index contributed by atoms with van der Waals surface area (Å²) in [6, 6.07) is -0.666. The normalized spacial score (nSPS) is 12.9. The number of hydrogen-bond acceptors (Lipinski definition) is 5. The van der Waals surface area contributed by atoms with Crippen LogP contribution in [0.3, 0.4) is 0 Å². The number of esters is 1. The fourth-order valence-electron chi connectivity index (χ4n) is 8.16. The topological polar surface area (TPSA) is 95.9 Å². The molecule has 1 amide bonds. The largest absolute Gasteiger partial charge is 0.466 e. The van der Waals surface area contributed by atoms with Crippen LogP contribution in [-0.4, -0.2) is 47.4 Å². The number of aliphatic hydroxyl groups is 2. The Kier molecular flexibility index (Phi) is 50.1. The van der Waals surface area contributed by atoms with Gasteiger partial charge in [-0.15, -0.1) is 0 Å². The van der Waals surface area contributed by atoms with Gasteiger partial charge in [0.25, 0.3) is 0 Å². The molecule has 0 aliphatic rings. The molecule has 2 unspecified atom stereocenters. The summed E-state index contributed by atoms with van der Waals surface area (Å²) in [5, 5.41) is 23.0. The van der Waals surface area contributed by atoms with Crippen molar-refractivity contribution in [3.63, 3.8) is 0 Å². The number of ether oxygens (including phenoxy) is 1. The van der Waals surface area contributed by atoms with Crippen LogP contribution in [0.5, 0.6) is 0 Å². The zero-order chi connectivity index (χ0) is 45.1. The first-order valence-corrected chi connectivity index (χ1v) is 27.3. The average Bonchev–Trinajstić information content (AvgIpc) is 3.27. The quantitative estimate of drug-likeness (QED) is 0.0321. The third-order valence-corrected chi connectivity index (χ3v) is 12.4. The van der Waals surface area contributed by atoms with Crippen molar-refractivity contribution in [1.82, 2.24) is 5.32 Å². The number of carbonyl (C=O) groups excluding carboxylic acids is 2. The molecular formula is C56H105NO5. The Hall–Kier alpha value is -1.92. The van der Waals surface area contributed by atoms with Gasteiger partial charge in [-0.25, -0.2) is 0 Å². The number of allylic oxidation sites excluding steroid dienone is 5. The molecule has 0 aromatic rings. The van der Waals surface area contributed by atoms with Crippen molar-refractivity contribution < 1.29 is 24.5 Å². The molecule has 0 bridgehead atoms. The predicted molar refractivity (Wildman–Crippen MR) is 269 cm³/mol. The minimum atomic E-state index is -0.876. The van der Waals surface area contributed by atoms with Gasteiger partial charge in [-0.3, -0.25) is 9.59 Å². The van der Waals surface area contributed by atoms with Gasteiger partial charge >= 0.3 is 5.97 Å². The molecule has 62 heavy (non-hydrogen) atoms. The number of aliphatic hydroxyl groups excluding tert-OH is 2. The van der Waals surface area contributed by atoms with Gasteiger partial charge in [0.1, 0.15) is 0 Å². The van der Waals surface area contributed by atoms with Gasteiger partial charge in [0.15, 0.2) is 0 Å². The van der Waals surface area contributed by atoms with Gasteiger partial charge < -0.3 is 20.3 Å². The second-order valence-corrected chi connectivity index (χ2v) is 18.5. The van der Waals surface area contributed by atoms with Gasteiger partial charge in [-0.1, -0.05) is 230 Å². The molecule has 0 heterocycles. The molecule has 0 aromatic carbocycles. The van der Waals surface area contributed by atoms with E-state index in [9.17, 15) is 19.8 Å². The smallest absolute Gasteiger partial charge is 0.305 e. The third-order valence-electron chi connectivity index (χ3n) is 12.4. The first-order valence-electron chi connectivity index (χ1n) is 27.3. The van der Waals surface area contributed by atoms with Crippen molar-refractivity contribution in [2.45, 2.75) is 296 Å². The first-order chi connectivity index (χ1) is 30.5. The number of rotatable bonds is 50. The van der Waals surface area contributed by atoms with Gasteiger partial charge in [0, 0.05) is 12.8 Å². The summed E-state index contributed by atoms with van der Waals surface area (Å²) in [6.07, 6.45) is 63.0. The molecule has 2 atom stereocenters. The molecular weight excluding hydrogens is 767 g/mol. The molecule has 6 heteroatoms. The van der Waals surface area contributed by atoms with Crippen LogP contribution < -0.4 is 5.32 Å². The third kappa shape index (κ3) is 47.6. The Morgan fingerprint density at radius 1 is 0.435 bits per heavy atom. The van der Waals surface area contributed by atoms with Gasteiger partial charge in [-0.2, -0.15) is 0 Å². The van der Waals surface area contributed by atoms with E-state index in [1.165, 1.54) is 186 Å². The summed E-state index contributed by atoms with van der Waals surface area (Å²) in [6.45, 7) is 4.81. The average molecular weight is 872 g/mol. The maximum atomic E-state index is 12.4. The van der Waals surface area contributed by atoms with Crippen molar-refractivity contribution >= 4 is 11.9 Å². The van der Waals surface area contributed by atoms with E-state index in [-0.39, 0.29) is 18.5 Å². The molecule has 0 aliphatic heterocycles. The van der Waals surface area contributed by atoms with Crippen molar-refractivity contribution in [1.29, 1.82) is 0 Å². The van der Waals surface area contributed by atoms with Crippen LogP contribution in [0.15, 0.2) is 36.5 Å². The van der Waals surface area contributed by atoms with Gasteiger partial charge in [-0.05, 0) is 77.0 Å². The van der Waals surface area contributed by atoms with Crippen LogP contribution in [0, 0.1) is 0 Å². The van der Waals surface area contributed by atoms with Crippen molar-refractivity contribution in [2.75, 3.05) is 13.2 Å². The predicted octanol–water partition coefficient (Wildman–Crippen LogP) is 16.5. The molecule has 0 aromatic heterocycles. The summed E-state index contributed by atoms with van der Waals surface area (Å²) in [4.78, 5) is 24.5. The van der Waals surface area contributed by atoms with Crippen molar-refractivity contribution in [3.8, 4) is 0 Å². The van der Waals surface area contributed by atoms with Crippen LogP contribution in [0.25, 0.3) is 0 Å². The number of carbonyl (C=O) groups is 2. The van der Waals surface area contributed by atoms with E-state index >= 15 is 0 Å². The number of nitrogens with one attached hydrogen (secondary N) is 1. The fourth-order valence-corrected chi connectivity index (χ4v) is 8.16. The Morgan fingerprint density at radius 2 is 0.774 bits per heavy atom. The molecule has 364 valence electrons. The SMILES string of the molecule is CCCCCCCC/C=C\CCCCCCCCCCCC(=O)OCCCCCC/C=C\CCCC(=O)NC(CO)C(O)/C=C/CCCCCCCCCCCCCCCCC. The summed E-state index contributed by atoms with van der Waals surface area (Å²) in [5.74, 6) is -0.166. The van der Waals surface area contributed by atoms with Gasteiger partial charge in [0.2, 0.25) is 5.91 Å². The highest BCUT2D eigenvalue weighted by atomic mass is 16.5. The molecule has 6 nitrogen and oxygen atoms in total. The lowest BCUT2D eigenvalue weighted by Gasteiger charge is -2.19. The van der Waals surface area contributed by atoms with Crippen molar-refractivity contribution in [3.05, 3.63) is 36.5 Å². The van der Waals surface area contributed by atoms with Crippen LogP contribution in [0.1, 0.15) is 284 Å². The molecule has 0 fully saturated rings. The Balaban J connectivity index is 3.55. The lowest BCUT2D eigenvalue weighted by atomic mass is 10.0. The van der Waals surface area contributed by atoms with Crippen LogP contribution >= 0.6 is 0 Å². The molecule has 0 rings (SSSR count).